The van der Waals surface area contributed by atoms with Crippen LogP contribution in [0.5, 0.6) is 0 Å². The van der Waals surface area contributed by atoms with Crippen LogP contribution in [0.25, 0.3) is 0 Å². The number of nitrogens with one attached hydrogen (secondary N) is 1. The molecule has 0 aromatic carbocycles. The summed E-state index contributed by atoms with van der Waals surface area (Å²) >= 11 is 0. The summed E-state index contributed by atoms with van der Waals surface area (Å²) < 4.78 is 0. The molecule has 15 heavy (non-hydrogen) atoms. The molecule has 0 spiro atoms. The molecule has 2 rings (SSSR count). The van der Waals surface area contributed by atoms with Crippen molar-refractivity contribution in [3.8, 4) is 0 Å². The highest BCUT2D eigenvalue weighted by molar-refractivity contribution is 4.83. The largest absolute Gasteiger partial charge is 0.314 e. The Kier molecular flexibility index (Phi) is 3.71. The minimum absolute atomic E-state index is 0.566. The normalized spacial score (nSPS) is 23.6. The van der Waals surface area contributed by atoms with E-state index in [9.17, 15) is 0 Å². The maximum Gasteiger partial charge on any atom is 0.00682 e. The molecular formula is C14H27N. The first-order chi connectivity index (χ1) is 7.16. The number of rotatable bonds is 6. The fraction of sp³-hybridized carbons (Fsp3) is 1.00. The van der Waals surface area contributed by atoms with Gasteiger partial charge in [0.15, 0.2) is 0 Å². The van der Waals surface area contributed by atoms with Crippen LogP contribution in [-0.4, -0.2) is 12.6 Å². The fourth-order valence-electron chi connectivity index (χ4n) is 3.00. The van der Waals surface area contributed by atoms with E-state index >= 15 is 0 Å². The molecule has 2 aliphatic rings. The van der Waals surface area contributed by atoms with Crippen LogP contribution in [-0.2, 0) is 0 Å². The molecule has 0 radical (unpaired) electrons. The Morgan fingerprint density at radius 3 is 2.33 bits per heavy atom. The first kappa shape index (κ1) is 11.4. The molecule has 0 saturated heterocycles. The van der Waals surface area contributed by atoms with E-state index in [1.807, 2.05) is 0 Å². The fourth-order valence-corrected chi connectivity index (χ4v) is 3.00. The minimum atomic E-state index is 0.566. The van der Waals surface area contributed by atoms with E-state index in [0.717, 1.165) is 12.0 Å². The van der Waals surface area contributed by atoms with Crippen molar-refractivity contribution >= 4 is 0 Å². The van der Waals surface area contributed by atoms with Gasteiger partial charge in [-0.15, -0.1) is 0 Å². The van der Waals surface area contributed by atoms with Crippen LogP contribution in [0.1, 0.15) is 65.2 Å². The van der Waals surface area contributed by atoms with Crippen LogP contribution in [0.2, 0.25) is 0 Å². The van der Waals surface area contributed by atoms with Crippen LogP contribution >= 0.6 is 0 Å². The molecule has 0 heterocycles. The van der Waals surface area contributed by atoms with Crippen LogP contribution < -0.4 is 5.32 Å². The third-order valence-corrected chi connectivity index (χ3v) is 4.13. The summed E-state index contributed by atoms with van der Waals surface area (Å²) in [6.45, 7) is 6.16. The van der Waals surface area contributed by atoms with Gasteiger partial charge in [-0.3, -0.25) is 0 Å². The zero-order valence-electron chi connectivity index (χ0n) is 10.5. The summed E-state index contributed by atoms with van der Waals surface area (Å²) in [6.07, 6.45) is 11.6. The lowest BCUT2D eigenvalue weighted by atomic mass is 9.79. The van der Waals surface area contributed by atoms with Crippen LogP contribution in [0.3, 0.4) is 0 Å². The molecule has 0 amide bonds. The van der Waals surface area contributed by atoms with Crippen molar-refractivity contribution in [1.82, 2.24) is 5.32 Å². The molecule has 0 aromatic heterocycles. The zero-order chi connectivity index (χ0) is 10.7. The maximum absolute atomic E-state index is 3.64. The first-order valence-corrected chi connectivity index (χ1v) is 6.89. The van der Waals surface area contributed by atoms with E-state index in [0.29, 0.717) is 5.41 Å². The van der Waals surface area contributed by atoms with E-state index in [1.54, 1.807) is 0 Å². The second kappa shape index (κ2) is 4.86. The highest BCUT2D eigenvalue weighted by atomic mass is 14.9. The SMILES string of the molecule is CC(C)(CCNC1CC1)CC1CCCC1. The van der Waals surface area contributed by atoms with Crippen molar-refractivity contribution < 1.29 is 0 Å². The Labute approximate surface area is 95.0 Å². The Morgan fingerprint density at radius 2 is 1.73 bits per heavy atom. The standard InChI is InChI=1S/C14H27N/c1-14(2,9-10-15-13-7-8-13)11-12-5-3-4-6-12/h12-13,15H,3-11H2,1-2H3. The van der Waals surface area contributed by atoms with Gasteiger partial charge in [-0.1, -0.05) is 39.5 Å². The van der Waals surface area contributed by atoms with Crippen LogP contribution in [0.15, 0.2) is 0 Å². The average Bonchev–Trinajstić information content (AvgIpc) is 2.83. The molecule has 0 aliphatic heterocycles. The molecule has 0 unspecified atom stereocenters. The van der Waals surface area contributed by atoms with Crippen molar-refractivity contribution in [1.29, 1.82) is 0 Å². The molecule has 0 bridgehead atoms. The van der Waals surface area contributed by atoms with Crippen molar-refractivity contribution in [2.45, 2.75) is 71.3 Å². The predicted molar refractivity (Wildman–Crippen MR) is 66.0 cm³/mol. The lowest BCUT2D eigenvalue weighted by Gasteiger charge is -2.28. The quantitative estimate of drug-likeness (QED) is 0.703. The molecule has 2 saturated carbocycles. The topological polar surface area (TPSA) is 12.0 Å². The van der Waals surface area contributed by atoms with Crippen molar-refractivity contribution in [3.63, 3.8) is 0 Å². The van der Waals surface area contributed by atoms with Gasteiger partial charge in [0.25, 0.3) is 0 Å². The van der Waals surface area contributed by atoms with Gasteiger partial charge in [0.2, 0.25) is 0 Å². The molecule has 2 aliphatic carbocycles. The average molecular weight is 209 g/mol. The smallest absolute Gasteiger partial charge is 0.00682 e. The van der Waals surface area contributed by atoms with E-state index < -0.39 is 0 Å². The number of hydrogen-bond acceptors (Lipinski definition) is 1. The van der Waals surface area contributed by atoms with Gasteiger partial charge in [0.05, 0.1) is 0 Å². The van der Waals surface area contributed by atoms with Gasteiger partial charge in [0, 0.05) is 6.04 Å². The van der Waals surface area contributed by atoms with E-state index in [-0.39, 0.29) is 0 Å². The maximum atomic E-state index is 3.64. The summed E-state index contributed by atoms with van der Waals surface area (Å²) in [5.74, 6) is 1.04. The Balaban J connectivity index is 1.62. The molecule has 88 valence electrons. The van der Waals surface area contributed by atoms with Crippen molar-refractivity contribution in [2.75, 3.05) is 6.54 Å². The van der Waals surface area contributed by atoms with Gasteiger partial charge >= 0.3 is 0 Å². The second-order valence-corrected chi connectivity index (χ2v) is 6.50. The Bertz CT molecular complexity index is 188. The van der Waals surface area contributed by atoms with E-state index in [1.165, 1.54) is 57.9 Å². The summed E-state index contributed by atoms with van der Waals surface area (Å²) in [7, 11) is 0. The molecule has 1 heteroatoms. The second-order valence-electron chi connectivity index (χ2n) is 6.50. The zero-order valence-corrected chi connectivity index (χ0v) is 10.5. The summed E-state index contributed by atoms with van der Waals surface area (Å²) in [4.78, 5) is 0. The lowest BCUT2D eigenvalue weighted by molar-refractivity contribution is 0.246. The molecule has 2 fully saturated rings. The van der Waals surface area contributed by atoms with Gasteiger partial charge in [0.1, 0.15) is 0 Å². The minimum Gasteiger partial charge on any atom is -0.314 e. The molecule has 1 nitrogen and oxygen atoms in total. The van der Waals surface area contributed by atoms with E-state index in [4.69, 9.17) is 0 Å². The summed E-state index contributed by atoms with van der Waals surface area (Å²) in [6, 6.07) is 0.882. The van der Waals surface area contributed by atoms with Crippen molar-refractivity contribution in [2.24, 2.45) is 11.3 Å². The van der Waals surface area contributed by atoms with E-state index in [2.05, 4.69) is 19.2 Å². The molecule has 0 aromatic rings. The summed E-state index contributed by atoms with van der Waals surface area (Å²) in [5.41, 5.74) is 0.566. The highest BCUT2D eigenvalue weighted by Gasteiger charge is 2.26. The Morgan fingerprint density at radius 1 is 1.07 bits per heavy atom. The molecule has 1 N–H and O–H groups in total. The van der Waals surface area contributed by atoms with Gasteiger partial charge in [-0.05, 0) is 43.6 Å². The van der Waals surface area contributed by atoms with Gasteiger partial charge in [-0.2, -0.15) is 0 Å². The monoisotopic (exact) mass is 209 g/mol. The van der Waals surface area contributed by atoms with Crippen molar-refractivity contribution in [3.05, 3.63) is 0 Å². The third-order valence-electron chi connectivity index (χ3n) is 4.13. The predicted octanol–water partition coefficient (Wildman–Crippen LogP) is 3.74. The summed E-state index contributed by atoms with van der Waals surface area (Å²) in [5, 5.41) is 3.64. The van der Waals surface area contributed by atoms with Crippen LogP contribution in [0, 0.1) is 11.3 Å². The Hall–Kier alpha value is -0.0400. The molecule has 0 atom stereocenters. The molecular weight excluding hydrogens is 182 g/mol. The number of hydrogen-bond donors (Lipinski definition) is 1. The van der Waals surface area contributed by atoms with Gasteiger partial charge in [-0.25, -0.2) is 0 Å². The van der Waals surface area contributed by atoms with Crippen LogP contribution in [0.4, 0.5) is 0 Å². The first-order valence-electron chi connectivity index (χ1n) is 6.89. The lowest BCUT2D eigenvalue weighted by Crippen LogP contribution is -2.25. The highest BCUT2D eigenvalue weighted by Crippen LogP contribution is 2.37. The van der Waals surface area contributed by atoms with Gasteiger partial charge < -0.3 is 5.32 Å². The third kappa shape index (κ3) is 4.14.